The minimum absolute atomic E-state index is 0.0928. The second kappa shape index (κ2) is 8.23. The highest BCUT2D eigenvalue weighted by atomic mass is 35.5. The minimum atomic E-state index is -0.487. The third-order valence-electron chi connectivity index (χ3n) is 6.51. The highest BCUT2D eigenvalue weighted by molar-refractivity contribution is 6.39. The number of aromatic nitrogens is 1. The van der Waals surface area contributed by atoms with Crippen molar-refractivity contribution in [3.8, 4) is 11.3 Å². The van der Waals surface area contributed by atoms with Crippen molar-refractivity contribution in [2.24, 2.45) is 5.92 Å². The van der Waals surface area contributed by atoms with E-state index < -0.39 is 5.60 Å². The molecule has 2 saturated carbocycles. The van der Waals surface area contributed by atoms with Crippen molar-refractivity contribution in [1.29, 1.82) is 0 Å². The molecule has 8 heteroatoms. The van der Waals surface area contributed by atoms with E-state index in [9.17, 15) is 4.79 Å². The van der Waals surface area contributed by atoms with Gasteiger partial charge in [0.15, 0.2) is 0 Å². The monoisotopic (exact) mass is 478 g/mol. The summed E-state index contributed by atoms with van der Waals surface area (Å²) in [5.74, 6) is 1.58. The molecule has 1 aromatic carbocycles. The topological polar surface area (TPSA) is 64.8 Å². The van der Waals surface area contributed by atoms with Gasteiger partial charge in [-0.1, -0.05) is 34.4 Å². The number of fused-ring (bicyclic) bond motifs is 2. The Bertz CT molecular complexity index is 1010. The van der Waals surface area contributed by atoms with Gasteiger partial charge in [0.05, 0.1) is 22.8 Å². The molecule has 5 rings (SSSR count). The van der Waals surface area contributed by atoms with Gasteiger partial charge in [0.1, 0.15) is 17.1 Å². The molecule has 0 radical (unpaired) electrons. The summed E-state index contributed by atoms with van der Waals surface area (Å²) in [5, 5.41) is 5.43. The lowest BCUT2D eigenvalue weighted by atomic mass is 10.0. The Morgan fingerprint density at radius 3 is 2.53 bits per heavy atom. The molecule has 2 aliphatic carbocycles. The zero-order valence-corrected chi connectivity index (χ0v) is 20.1. The van der Waals surface area contributed by atoms with Crippen molar-refractivity contribution < 1.29 is 18.8 Å². The molecule has 0 N–H and O–H groups in total. The molecule has 32 heavy (non-hydrogen) atoms. The van der Waals surface area contributed by atoms with Crippen molar-refractivity contribution in [3.05, 3.63) is 39.6 Å². The van der Waals surface area contributed by atoms with Crippen molar-refractivity contribution in [3.63, 3.8) is 0 Å². The first-order chi connectivity index (χ1) is 15.2. The van der Waals surface area contributed by atoms with Gasteiger partial charge in [0.25, 0.3) is 0 Å². The second-order valence-electron chi connectivity index (χ2n) is 10.1. The summed E-state index contributed by atoms with van der Waals surface area (Å²) in [6, 6.07) is 5.60. The van der Waals surface area contributed by atoms with Crippen LogP contribution < -0.4 is 0 Å². The van der Waals surface area contributed by atoms with E-state index in [0.717, 1.165) is 37.0 Å². The van der Waals surface area contributed by atoms with Crippen molar-refractivity contribution >= 4 is 29.3 Å². The Labute approximate surface area is 198 Å². The molecule has 2 heterocycles. The van der Waals surface area contributed by atoms with Crippen LogP contribution in [-0.2, 0) is 16.1 Å². The molecule has 1 amide bonds. The maximum absolute atomic E-state index is 12.5. The predicted octanol–water partition coefficient (Wildman–Crippen LogP) is 6.44. The number of carbonyl (C=O) groups is 1. The molecule has 6 nitrogen and oxygen atoms in total. The number of nitrogens with zero attached hydrogens (tertiary/aromatic N) is 2. The smallest absolute Gasteiger partial charge is 0.410 e. The lowest BCUT2D eigenvalue weighted by molar-refractivity contribution is -0.0219. The summed E-state index contributed by atoms with van der Waals surface area (Å²) in [7, 11) is 0. The summed E-state index contributed by atoms with van der Waals surface area (Å²) in [6.07, 6.45) is 3.82. The fourth-order valence-corrected chi connectivity index (χ4v) is 5.47. The molecule has 2 bridgehead atoms. The highest BCUT2D eigenvalue weighted by Crippen LogP contribution is 2.47. The number of halogens is 2. The Hall–Kier alpha value is -1.76. The number of rotatable bonds is 5. The predicted molar refractivity (Wildman–Crippen MR) is 122 cm³/mol. The maximum Gasteiger partial charge on any atom is 0.410 e. The largest absolute Gasteiger partial charge is 0.444 e. The van der Waals surface area contributed by atoms with Gasteiger partial charge in [-0.15, -0.1) is 0 Å². The van der Waals surface area contributed by atoms with Crippen LogP contribution in [0, 0.1) is 5.92 Å². The standard InChI is InChI=1S/C24H28Cl2N2O4/c1-24(2,3)31-23(29)28-11-14-9-15(28)10-19(14)30-12-16-21(27-32-22(16)13-7-8-13)20-17(25)5-4-6-18(20)26/h4-6,13-15,19H,7-12H2,1-3H3/t14-,15-,19+/m0/s1. The van der Waals surface area contributed by atoms with Gasteiger partial charge >= 0.3 is 6.09 Å². The molecule has 2 aromatic rings. The minimum Gasteiger partial charge on any atom is -0.444 e. The number of ether oxygens (including phenoxy) is 2. The van der Waals surface area contributed by atoms with Crippen LogP contribution in [-0.4, -0.2) is 40.4 Å². The first-order valence-corrected chi connectivity index (χ1v) is 12.0. The van der Waals surface area contributed by atoms with Gasteiger partial charge < -0.3 is 18.9 Å². The number of hydrogen-bond donors (Lipinski definition) is 0. The van der Waals surface area contributed by atoms with E-state index in [0.29, 0.717) is 46.3 Å². The van der Waals surface area contributed by atoms with Crippen molar-refractivity contribution in [2.45, 2.75) is 76.7 Å². The summed E-state index contributed by atoms with van der Waals surface area (Å²) in [6.45, 7) is 6.75. The fraction of sp³-hybridized carbons (Fsp3) is 0.583. The van der Waals surface area contributed by atoms with Gasteiger partial charge in [0, 0.05) is 35.5 Å². The molecule has 3 aliphatic rings. The van der Waals surface area contributed by atoms with Gasteiger partial charge in [-0.3, -0.25) is 0 Å². The summed E-state index contributed by atoms with van der Waals surface area (Å²) < 4.78 is 17.7. The number of benzene rings is 1. The summed E-state index contributed by atoms with van der Waals surface area (Å²) in [4.78, 5) is 14.4. The van der Waals surface area contributed by atoms with E-state index in [1.165, 1.54) is 0 Å². The van der Waals surface area contributed by atoms with Crippen LogP contribution in [0.4, 0.5) is 4.79 Å². The summed E-state index contributed by atoms with van der Waals surface area (Å²) in [5.41, 5.74) is 1.81. The average molecular weight is 479 g/mol. The molecule has 3 atom stereocenters. The van der Waals surface area contributed by atoms with E-state index in [1.807, 2.05) is 31.7 Å². The van der Waals surface area contributed by atoms with Gasteiger partial charge in [-0.2, -0.15) is 0 Å². The van der Waals surface area contributed by atoms with Crippen LogP contribution in [0.1, 0.15) is 63.7 Å². The molecule has 172 valence electrons. The van der Waals surface area contributed by atoms with Crippen LogP contribution in [0.25, 0.3) is 11.3 Å². The van der Waals surface area contributed by atoms with Crippen LogP contribution in [0.3, 0.4) is 0 Å². The normalized spacial score (nSPS) is 24.9. The zero-order chi connectivity index (χ0) is 22.6. The van der Waals surface area contributed by atoms with Crippen molar-refractivity contribution in [2.75, 3.05) is 6.54 Å². The van der Waals surface area contributed by atoms with E-state index >= 15 is 0 Å². The molecular weight excluding hydrogens is 451 g/mol. The molecule has 0 unspecified atom stereocenters. The molecule has 3 fully saturated rings. The van der Waals surface area contributed by atoms with E-state index in [-0.39, 0.29) is 18.2 Å². The van der Waals surface area contributed by atoms with E-state index in [1.54, 1.807) is 12.1 Å². The third-order valence-corrected chi connectivity index (χ3v) is 7.14. The molecule has 1 aliphatic heterocycles. The first kappa shape index (κ1) is 22.1. The van der Waals surface area contributed by atoms with E-state index in [4.69, 9.17) is 37.2 Å². The number of carbonyl (C=O) groups excluding carboxylic acids is 1. The van der Waals surface area contributed by atoms with Crippen LogP contribution in [0.15, 0.2) is 22.7 Å². The first-order valence-electron chi connectivity index (χ1n) is 11.3. The maximum atomic E-state index is 12.5. The third kappa shape index (κ3) is 4.25. The van der Waals surface area contributed by atoms with Gasteiger partial charge in [-0.25, -0.2) is 4.79 Å². The molecule has 0 spiro atoms. The Morgan fingerprint density at radius 1 is 1.22 bits per heavy atom. The van der Waals surface area contributed by atoms with Gasteiger partial charge in [0.2, 0.25) is 0 Å². The molecule has 1 saturated heterocycles. The Balaban J connectivity index is 1.30. The molecule has 1 aromatic heterocycles. The number of amides is 1. The Kier molecular flexibility index (Phi) is 5.67. The Morgan fingerprint density at radius 2 is 1.94 bits per heavy atom. The number of hydrogen-bond acceptors (Lipinski definition) is 5. The van der Waals surface area contributed by atoms with Crippen molar-refractivity contribution in [1.82, 2.24) is 10.1 Å². The lowest BCUT2D eigenvalue weighted by Crippen LogP contribution is -2.44. The number of likely N-dealkylation sites (tertiary alicyclic amines) is 1. The zero-order valence-electron chi connectivity index (χ0n) is 18.6. The van der Waals surface area contributed by atoms with Gasteiger partial charge in [-0.05, 0) is 58.6 Å². The second-order valence-corrected chi connectivity index (χ2v) is 10.9. The van der Waals surface area contributed by atoms with E-state index in [2.05, 4.69) is 5.16 Å². The molecular formula is C24H28Cl2N2O4. The highest BCUT2D eigenvalue weighted by Gasteiger charge is 2.48. The summed E-state index contributed by atoms with van der Waals surface area (Å²) >= 11 is 12.9. The average Bonchev–Trinajstić information content (AvgIpc) is 3.16. The SMILES string of the molecule is CC(C)(C)OC(=O)N1C[C@@H]2C[C@H]1C[C@H]2OCc1c(-c2c(Cl)cccc2Cl)noc1C1CC1. The van der Waals surface area contributed by atoms with Crippen LogP contribution >= 0.6 is 23.2 Å². The van der Waals surface area contributed by atoms with Crippen LogP contribution in [0.2, 0.25) is 10.0 Å². The number of piperidine rings is 1. The fourth-order valence-electron chi connectivity index (χ4n) is 4.89. The van der Waals surface area contributed by atoms with Crippen LogP contribution in [0.5, 0.6) is 0 Å². The quantitative estimate of drug-likeness (QED) is 0.494. The lowest BCUT2D eigenvalue weighted by Gasteiger charge is -2.33.